The predicted molar refractivity (Wildman–Crippen MR) is 101 cm³/mol. The fourth-order valence-electron chi connectivity index (χ4n) is 3.17. The molecule has 1 amide bonds. The molecule has 3 heterocycles. The highest BCUT2D eigenvalue weighted by molar-refractivity contribution is 7.09. The molecule has 3 aromatic rings. The second kappa shape index (κ2) is 7.80. The lowest BCUT2D eigenvalue weighted by atomic mass is 10.1. The van der Waals surface area contributed by atoms with Crippen LogP contribution in [0.5, 0.6) is 0 Å². The lowest BCUT2D eigenvalue weighted by Crippen LogP contribution is -2.48. The molecule has 1 fully saturated rings. The molecule has 1 aliphatic rings. The van der Waals surface area contributed by atoms with E-state index in [-0.39, 0.29) is 5.91 Å². The Bertz CT molecular complexity index is 821. The van der Waals surface area contributed by atoms with E-state index < -0.39 is 0 Å². The Kier molecular flexibility index (Phi) is 5.08. The van der Waals surface area contributed by atoms with E-state index in [2.05, 4.69) is 32.5 Å². The van der Waals surface area contributed by atoms with Crippen LogP contribution in [-0.2, 0) is 13.1 Å². The van der Waals surface area contributed by atoms with Crippen LogP contribution in [0.15, 0.2) is 54.4 Å². The van der Waals surface area contributed by atoms with Crippen molar-refractivity contribution in [1.82, 2.24) is 24.6 Å². The number of piperazine rings is 1. The van der Waals surface area contributed by atoms with Gasteiger partial charge >= 0.3 is 0 Å². The summed E-state index contributed by atoms with van der Waals surface area (Å²) in [6.45, 7) is 5.06. The van der Waals surface area contributed by atoms with Crippen molar-refractivity contribution in [3.8, 4) is 0 Å². The summed E-state index contributed by atoms with van der Waals surface area (Å²) in [6, 6.07) is 12.1. The van der Waals surface area contributed by atoms with Gasteiger partial charge in [0.15, 0.2) is 0 Å². The maximum absolute atomic E-state index is 12.7. The van der Waals surface area contributed by atoms with Gasteiger partial charge in [0.25, 0.3) is 5.91 Å². The number of hydrogen-bond donors (Lipinski definition) is 0. The molecule has 1 aliphatic heterocycles. The van der Waals surface area contributed by atoms with Gasteiger partial charge < -0.3 is 4.90 Å². The van der Waals surface area contributed by atoms with Crippen molar-refractivity contribution < 1.29 is 4.79 Å². The van der Waals surface area contributed by atoms with E-state index >= 15 is 0 Å². The molecule has 0 saturated carbocycles. The van der Waals surface area contributed by atoms with Gasteiger partial charge in [-0.25, -0.2) is 9.67 Å². The molecule has 0 bridgehead atoms. The van der Waals surface area contributed by atoms with E-state index in [0.29, 0.717) is 6.54 Å². The van der Waals surface area contributed by atoms with Crippen LogP contribution in [0.25, 0.3) is 0 Å². The Balaban J connectivity index is 1.31. The highest BCUT2D eigenvalue weighted by Gasteiger charge is 2.22. The topological polar surface area (TPSA) is 54.3 Å². The Morgan fingerprint density at radius 3 is 2.50 bits per heavy atom. The molecular formula is C19H21N5OS. The van der Waals surface area contributed by atoms with Crippen molar-refractivity contribution in [2.45, 2.75) is 13.1 Å². The summed E-state index contributed by atoms with van der Waals surface area (Å²) in [5.41, 5.74) is 1.85. The molecule has 7 heteroatoms. The fraction of sp³-hybridized carbons (Fsp3) is 0.316. The van der Waals surface area contributed by atoms with Crippen LogP contribution in [0, 0.1) is 0 Å². The van der Waals surface area contributed by atoms with Crippen molar-refractivity contribution in [3.63, 3.8) is 0 Å². The standard InChI is InChI=1S/C19H21N5OS/c25-19(17-5-3-16(4-6-17)12-24-15-20-14-21-24)23-9-7-22(8-10-23)13-18-2-1-11-26-18/h1-6,11,14-15H,7-10,12-13H2. The second-order valence-electron chi connectivity index (χ2n) is 6.44. The number of hydrogen-bond acceptors (Lipinski definition) is 5. The van der Waals surface area contributed by atoms with E-state index in [1.807, 2.05) is 29.2 Å². The smallest absolute Gasteiger partial charge is 0.253 e. The first-order valence-electron chi connectivity index (χ1n) is 8.73. The third-order valence-corrected chi connectivity index (χ3v) is 5.49. The lowest BCUT2D eigenvalue weighted by Gasteiger charge is -2.34. The van der Waals surface area contributed by atoms with Crippen LogP contribution in [-0.4, -0.2) is 56.7 Å². The Labute approximate surface area is 156 Å². The van der Waals surface area contributed by atoms with Gasteiger partial charge in [0.1, 0.15) is 12.7 Å². The summed E-state index contributed by atoms with van der Waals surface area (Å²) in [4.78, 5) is 22.4. The van der Waals surface area contributed by atoms with E-state index in [0.717, 1.165) is 43.9 Å². The largest absolute Gasteiger partial charge is 0.336 e. The third kappa shape index (κ3) is 4.00. The van der Waals surface area contributed by atoms with Crippen LogP contribution in [0.2, 0.25) is 0 Å². The van der Waals surface area contributed by atoms with Gasteiger partial charge in [-0.15, -0.1) is 11.3 Å². The third-order valence-electron chi connectivity index (χ3n) is 4.63. The number of amides is 1. The highest BCUT2D eigenvalue weighted by atomic mass is 32.1. The molecule has 1 aromatic carbocycles. The SMILES string of the molecule is O=C(c1ccc(Cn2cncn2)cc1)N1CCN(Cc2cccs2)CC1. The normalized spacial score (nSPS) is 15.3. The molecule has 0 atom stereocenters. The first-order chi connectivity index (χ1) is 12.8. The summed E-state index contributed by atoms with van der Waals surface area (Å²) >= 11 is 1.79. The second-order valence-corrected chi connectivity index (χ2v) is 7.47. The average Bonchev–Trinajstić information content (AvgIpc) is 3.37. The molecule has 0 unspecified atom stereocenters. The maximum Gasteiger partial charge on any atom is 0.253 e. The van der Waals surface area contributed by atoms with Gasteiger partial charge in [-0.3, -0.25) is 9.69 Å². The van der Waals surface area contributed by atoms with Gasteiger partial charge in [0.05, 0.1) is 6.54 Å². The zero-order valence-electron chi connectivity index (χ0n) is 14.5. The predicted octanol–water partition coefficient (Wildman–Crippen LogP) is 2.35. The van der Waals surface area contributed by atoms with Gasteiger partial charge in [-0.1, -0.05) is 18.2 Å². The summed E-state index contributed by atoms with van der Waals surface area (Å²) < 4.78 is 1.77. The molecule has 6 nitrogen and oxygen atoms in total. The first kappa shape index (κ1) is 16.9. The monoisotopic (exact) mass is 367 g/mol. The number of aromatic nitrogens is 3. The average molecular weight is 367 g/mol. The number of benzene rings is 1. The van der Waals surface area contributed by atoms with E-state index in [1.54, 1.807) is 22.3 Å². The van der Waals surface area contributed by atoms with E-state index in [9.17, 15) is 4.79 Å². The minimum absolute atomic E-state index is 0.119. The summed E-state index contributed by atoms with van der Waals surface area (Å²) in [5.74, 6) is 0.119. The Morgan fingerprint density at radius 1 is 1.04 bits per heavy atom. The van der Waals surface area contributed by atoms with Crippen molar-refractivity contribution in [2.75, 3.05) is 26.2 Å². The van der Waals surface area contributed by atoms with Crippen LogP contribution in [0.3, 0.4) is 0 Å². The maximum atomic E-state index is 12.7. The molecule has 2 aromatic heterocycles. The van der Waals surface area contributed by atoms with Crippen LogP contribution in [0.1, 0.15) is 20.8 Å². The highest BCUT2D eigenvalue weighted by Crippen LogP contribution is 2.15. The number of rotatable bonds is 5. The van der Waals surface area contributed by atoms with Crippen LogP contribution < -0.4 is 0 Å². The number of thiophene rings is 1. The van der Waals surface area contributed by atoms with Crippen molar-refractivity contribution in [2.24, 2.45) is 0 Å². The molecule has 0 spiro atoms. The molecule has 26 heavy (non-hydrogen) atoms. The fourth-order valence-corrected chi connectivity index (χ4v) is 3.91. The molecule has 134 valence electrons. The van der Waals surface area contributed by atoms with E-state index in [4.69, 9.17) is 0 Å². The summed E-state index contributed by atoms with van der Waals surface area (Å²) in [5, 5.41) is 6.22. The molecular weight excluding hydrogens is 346 g/mol. The number of carbonyl (C=O) groups excluding carboxylic acids is 1. The minimum Gasteiger partial charge on any atom is -0.336 e. The minimum atomic E-state index is 0.119. The number of nitrogens with zero attached hydrogens (tertiary/aromatic N) is 5. The molecule has 1 saturated heterocycles. The van der Waals surface area contributed by atoms with E-state index in [1.165, 1.54) is 11.2 Å². The number of carbonyl (C=O) groups is 1. The van der Waals surface area contributed by atoms with Gasteiger partial charge in [-0.2, -0.15) is 5.10 Å². The molecule has 4 rings (SSSR count). The Hall–Kier alpha value is -2.51. The molecule has 0 radical (unpaired) electrons. The van der Waals surface area contributed by atoms with Crippen molar-refractivity contribution in [3.05, 3.63) is 70.4 Å². The quantitative estimate of drug-likeness (QED) is 0.695. The van der Waals surface area contributed by atoms with Crippen LogP contribution >= 0.6 is 11.3 Å². The van der Waals surface area contributed by atoms with Gasteiger partial charge in [0, 0.05) is 43.2 Å². The Morgan fingerprint density at radius 2 is 1.85 bits per heavy atom. The molecule has 0 N–H and O–H groups in total. The van der Waals surface area contributed by atoms with Crippen molar-refractivity contribution in [1.29, 1.82) is 0 Å². The lowest BCUT2D eigenvalue weighted by molar-refractivity contribution is 0.0629. The zero-order valence-corrected chi connectivity index (χ0v) is 15.3. The van der Waals surface area contributed by atoms with Crippen molar-refractivity contribution >= 4 is 17.2 Å². The first-order valence-corrected chi connectivity index (χ1v) is 9.61. The summed E-state index contributed by atoms with van der Waals surface area (Å²) in [6.07, 6.45) is 3.21. The zero-order chi connectivity index (χ0) is 17.8. The van der Waals surface area contributed by atoms with Gasteiger partial charge in [-0.05, 0) is 29.1 Å². The molecule has 0 aliphatic carbocycles. The summed E-state index contributed by atoms with van der Waals surface area (Å²) in [7, 11) is 0. The van der Waals surface area contributed by atoms with Gasteiger partial charge in [0.2, 0.25) is 0 Å². The van der Waals surface area contributed by atoms with Crippen LogP contribution in [0.4, 0.5) is 0 Å².